The van der Waals surface area contributed by atoms with Gasteiger partial charge in [0, 0.05) is 6.07 Å². The first-order valence-electron chi connectivity index (χ1n) is 7.08. The quantitative estimate of drug-likeness (QED) is 0.403. The summed E-state index contributed by atoms with van der Waals surface area (Å²) in [4.78, 5) is 22.5. The summed E-state index contributed by atoms with van der Waals surface area (Å²) in [5, 5.41) is 21.4. The molecule has 1 N–H and O–H groups in total. The van der Waals surface area contributed by atoms with Crippen LogP contribution >= 0.6 is 11.8 Å². The molecule has 0 spiro atoms. The van der Waals surface area contributed by atoms with E-state index in [9.17, 15) is 14.9 Å². The third-order valence-electron chi connectivity index (χ3n) is 3.09. The smallest absolute Gasteiger partial charge is 0.293 e. The van der Waals surface area contributed by atoms with Crippen LogP contribution in [0.3, 0.4) is 0 Å². The standard InChI is InChI=1S/C15H12N4O5S/c1-9-4-5-10(11(7-9)19(21)22)16-13(20)8-25-15-18-17-14(24-15)12-3-2-6-23-12/h2-7H,8H2,1H3,(H,16,20). The van der Waals surface area contributed by atoms with Crippen molar-refractivity contribution in [2.75, 3.05) is 11.1 Å². The number of benzene rings is 1. The van der Waals surface area contributed by atoms with Gasteiger partial charge in [-0.1, -0.05) is 17.8 Å². The highest BCUT2D eigenvalue weighted by Crippen LogP contribution is 2.26. The van der Waals surface area contributed by atoms with Crippen molar-refractivity contribution < 1.29 is 18.6 Å². The topological polar surface area (TPSA) is 124 Å². The van der Waals surface area contributed by atoms with Crippen LogP contribution in [0.15, 0.2) is 50.7 Å². The average molecular weight is 360 g/mol. The van der Waals surface area contributed by atoms with E-state index < -0.39 is 10.8 Å². The van der Waals surface area contributed by atoms with Crippen molar-refractivity contribution in [1.29, 1.82) is 0 Å². The number of carbonyl (C=O) groups is 1. The monoisotopic (exact) mass is 360 g/mol. The summed E-state index contributed by atoms with van der Waals surface area (Å²) >= 11 is 1.02. The van der Waals surface area contributed by atoms with E-state index in [1.807, 2.05) is 0 Å². The first-order valence-corrected chi connectivity index (χ1v) is 8.06. The number of nitrogens with one attached hydrogen (secondary N) is 1. The number of amides is 1. The zero-order valence-electron chi connectivity index (χ0n) is 13.0. The van der Waals surface area contributed by atoms with Crippen molar-refractivity contribution >= 4 is 29.0 Å². The van der Waals surface area contributed by atoms with Crippen LogP contribution in [0, 0.1) is 17.0 Å². The molecule has 0 aliphatic heterocycles. The lowest BCUT2D eigenvalue weighted by Crippen LogP contribution is -2.15. The second-order valence-electron chi connectivity index (χ2n) is 4.96. The van der Waals surface area contributed by atoms with Crippen molar-refractivity contribution in [2.24, 2.45) is 0 Å². The number of thioether (sulfide) groups is 1. The van der Waals surface area contributed by atoms with E-state index >= 15 is 0 Å². The van der Waals surface area contributed by atoms with Gasteiger partial charge in [-0.05, 0) is 30.7 Å². The van der Waals surface area contributed by atoms with E-state index in [-0.39, 0.29) is 28.2 Å². The Hall–Kier alpha value is -3.14. The van der Waals surface area contributed by atoms with Crippen LogP contribution in [-0.2, 0) is 4.79 Å². The Morgan fingerprint density at radius 3 is 2.92 bits per heavy atom. The number of hydrogen-bond acceptors (Lipinski definition) is 8. The lowest BCUT2D eigenvalue weighted by Gasteiger charge is -2.05. The van der Waals surface area contributed by atoms with E-state index in [0.29, 0.717) is 5.76 Å². The van der Waals surface area contributed by atoms with E-state index in [1.54, 1.807) is 25.1 Å². The van der Waals surface area contributed by atoms with E-state index in [1.165, 1.54) is 18.4 Å². The molecule has 3 rings (SSSR count). The van der Waals surface area contributed by atoms with Crippen molar-refractivity contribution in [2.45, 2.75) is 12.1 Å². The van der Waals surface area contributed by atoms with Crippen LogP contribution in [0.1, 0.15) is 5.56 Å². The predicted molar refractivity (Wildman–Crippen MR) is 89.2 cm³/mol. The number of furan rings is 1. The minimum atomic E-state index is -0.538. The average Bonchev–Trinajstić information content (AvgIpc) is 3.25. The molecule has 2 heterocycles. The number of carbonyl (C=O) groups excluding carboxylic acids is 1. The van der Waals surface area contributed by atoms with Crippen LogP contribution in [0.4, 0.5) is 11.4 Å². The number of hydrogen-bond donors (Lipinski definition) is 1. The van der Waals surface area contributed by atoms with Gasteiger partial charge in [-0.2, -0.15) is 0 Å². The molecule has 0 saturated carbocycles. The molecule has 9 nitrogen and oxygen atoms in total. The number of aromatic nitrogens is 2. The molecule has 3 aromatic rings. The second kappa shape index (κ2) is 7.18. The Kier molecular flexibility index (Phi) is 4.80. The fraction of sp³-hybridized carbons (Fsp3) is 0.133. The molecule has 0 aliphatic rings. The maximum atomic E-state index is 12.0. The molecule has 25 heavy (non-hydrogen) atoms. The molecule has 2 aromatic heterocycles. The highest BCUT2D eigenvalue weighted by atomic mass is 32.2. The Balaban J connectivity index is 1.61. The highest BCUT2D eigenvalue weighted by molar-refractivity contribution is 7.99. The van der Waals surface area contributed by atoms with Crippen LogP contribution in [-0.4, -0.2) is 26.8 Å². The van der Waals surface area contributed by atoms with Gasteiger partial charge in [-0.15, -0.1) is 10.2 Å². The molecule has 0 aliphatic carbocycles. The first-order chi connectivity index (χ1) is 12.0. The van der Waals surface area contributed by atoms with Crippen molar-refractivity contribution in [3.8, 4) is 11.7 Å². The SMILES string of the molecule is Cc1ccc(NC(=O)CSc2nnc(-c3ccco3)o2)c([N+](=O)[O-])c1. The minimum absolute atomic E-state index is 0.0369. The number of nitrogens with zero attached hydrogens (tertiary/aromatic N) is 3. The fourth-order valence-corrected chi connectivity index (χ4v) is 2.54. The number of nitro benzene ring substituents is 1. The van der Waals surface area contributed by atoms with Gasteiger partial charge < -0.3 is 14.2 Å². The fourth-order valence-electron chi connectivity index (χ4n) is 1.98. The maximum Gasteiger partial charge on any atom is 0.293 e. The summed E-state index contributed by atoms with van der Waals surface area (Å²) in [7, 11) is 0. The Labute approximate surface area is 145 Å². The summed E-state index contributed by atoms with van der Waals surface area (Å²) in [5.41, 5.74) is 0.717. The first kappa shape index (κ1) is 16.7. The van der Waals surface area contributed by atoms with Gasteiger partial charge in [-0.25, -0.2) is 0 Å². The van der Waals surface area contributed by atoms with Gasteiger partial charge in [-0.3, -0.25) is 14.9 Å². The molecule has 10 heteroatoms. The summed E-state index contributed by atoms with van der Waals surface area (Å²) < 4.78 is 10.5. The van der Waals surface area contributed by atoms with Gasteiger partial charge in [0.15, 0.2) is 5.76 Å². The lowest BCUT2D eigenvalue weighted by atomic mass is 10.2. The number of nitro groups is 1. The number of rotatable bonds is 6. The zero-order valence-corrected chi connectivity index (χ0v) is 13.8. The summed E-state index contributed by atoms with van der Waals surface area (Å²) in [6.45, 7) is 1.74. The third-order valence-corrected chi connectivity index (χ3v) is 3.91. The van der Waals surface area contributed by atoms with Gasteiger partial charge in [0.25, 0.3) is 16.8 Å². The second-order valence-corrected chi connectivity index (χ2v) is 5.89. The largest absolute Gasteiger partial charge is 0.459 e. The molecule has 1 amide bonds. The Morgan fingerprint density at radius 1 is 1.36 bits per heavy atom. The van der Waals surface area contributed by atoms with Gasteiger partial charge in [0.1, 0.15) is 5.69 Å². The van der Waals surface area contributed by atoms with E-state index in [0.717, 1.165) is 17.3 Å². The molecule has 0 fully saturated rings. The maximum absolute atomic E-state index is 12.0. The van der Waals surface area contributed by atoms with Crippen LogP contribution in [0.2, 0.25) is 0 Å². The van der Waals surface area contributed by atoms with Gasteiger partial charge in [0.2, 0.25) is 5.91 Å². The summed E-state index contributed by atoms with van der Waals surface area (Å²) in [5.74, 6) is 0.182. The van der Waals surface area contributed by atoms with Crippen LogP contribution in [0.5, 0.6) is 0 Å². The molecule has 0 radical (unpaired) electrons. The molecular formula is C15H12N4O5S. The van der Waals surface area contributed by atoms with E-state index in [2.05, 4.69) is 15.5 Å². The molecule has 128 valence electrons. The van der Waals surface area contributed by atoms with Gasteiger partial charge in [0.05, 0.1) is 16.9 Å². The molecular weight excluding hydrogens is 348 g/mol. The molecule has 0 saturated heterocycles. The lowest BCUT2D eigenvalue weighted by molar-refractivity contribution is -0.384. The molecule has 0 bridgehead atoms. The molecule has 0 unspecified atom stereocenters. The Morgan fingerprint density at radius 2 is 2.20 bits per heavy atom. The third kappa shape index (κ3) is 4.04. The van der Waals surface area contributed by atoms with E-state index in [4.69, 9.17) is 8.83 Å². The summed E-state index contributed by atoms with van der Waals surface area (Å²) in [6.07, 6.45) is 1.48. The molecule has 0 atom stereocenters. The predicted octanol–water partition coefficient (Wildman–Crippen LogP) is 3.28. The minimum Gasteiger partial charge on any atom is -0.459 e. The number of aryl methyl sites for hydroxylation is 1. The van der Waals surface area contributed by atoms with Crippen molar-refractivity contribution in [3.05, 3.63) is 52.3 Å². The van der Waals surface area contributed by atoms with Crippen molar-refractivity contribution in [1.82, 2.24) is 10.2 Å². The number of anilines is 1. The van der Waals surface area contributed by atoms with Crippen LogP contribution in [0.25, 0.3) is 11.7 Å². The summed E-state index contributed by atoms with van der Waals surface area (Å²) in [6, 6.07) is 7.94. The normalized spacial score (nSPS) is 10.6. The molecule has 1 aromatic carbocycles. The Bertz CT molecular complexity index is 907. The van der Waals surface area contributed by atoms with Crippen LogP contribution < -0.4 is 5.32 Å². The van der Waals surface area contributed by atoms with Gasteiger partial charge >= 0.3 is 0 Å². The highest BCUT2D eigenvalue weighted by Gasteiger charge is 2.17. The zero-order chi connectivity index (χ0) is 17.8. The van der Waals surface area contributed by atoms with Crippen molar-refractivity contribution in [3.63, 3.8) is 0 Å².